The minimum atomic E-state index is 0.118. The van der Waals surface area contributed by atoms with E-state index in [1.807, 2.05) is 30.3 Å². The molecule has 0 saturated heterocycles. The van der Waals surface area contributed by atoms with E-state index in [2.05, 4.69) is 46.3 Å². The normalized spacial score (nSPS) is 10.8. The van der Waals surface area contributed by atoms with Crippen molar-refractivity contribution in [1.82, 2.24) is 0 Å². The van der Waals surface area contributed by atoms with Gasteiger partial charge in [-0.2, -0.15) is 0 Å². The molecule has 0 aliphatic carbocycles. The molecule has 3 aromatic rings. The highest BCUT2D eigenvalue weighted by molar-refractivity contribution is 9.10. The average Bonchev–Trinajstić information content (AvgIpc) is 2.49. The fourth-order valence-corrected chi connectivity index (χ4v) is 3.21. The second kappa shape index (κ2) is 5.82. The predicted octanol–water partition coefficient (Wildman–Crippen LogP) is 5.40. The third-order valence-electron chi connectivity index (χ3n) is 3.74. The van der Waals surface area contributed by atoms with E-state index in [0.29, 0.717) is 0 Å². The zero-order valence-electron chi connectivity index (χ0n) is 11.8. The number of benzene rings is 3. The van der Waals surface area contributed by atoms with Crippen LogP contribution >= 0.6 is 15.9 Å². The lowest BCUT2D eigenvalue weighted by molar-refractivity contribution is 0.101. The van der Waals surface area contributed by atoms with Crippen LogP contribution in [0, 0.1) is 0 Å². The van der Waals surface area contributed by atoms with Gasteiger partial charge in [0, 0.05) is 10.0 Å². The first kappa shape index (κ1) is 14.0. The molecule has 0 amide bonds. The van der Waals surface area contributed by atoms with E-state index in [9.17, 15) is 4.79 Å². The third-order valence-corrected chi connectivity index (χ3v) is 4.43. The summed E-state index contributed by atoms with van der Waals surface area (Å²) < 4.78 is 1.10. The van der Waals surface area contributed by atoms with Crippen LogP contribution < -0.4 is 0 Å². The summed E-state index contributed by atoms with van der Waals surface area (Å²) >= 11 is 3.60. The lowest BCUT2D eigenvalue weighted by Crippen LogP contribution is -2.00. The van der Waals surface area contributed by atoms with Crippen LogP contribution in [0.15, 0.2) is 65.1 Å². The molecule has 0 spiro atoms. The van der Waals surface area contributed by atoms with Crippen LogP contribution in [0.3, 0.4) is 0 Å². The summed E-state index contributed by atoms with van der Waals surface area (Å²) in [6.45, 7) is 1.62. The summed E-state index contributed by atoms with van der Waals surface area (Å²) in [5.41, 5.74) is 3.13. The van der Waals surface area contributed by atoms with Crippen LogP contribution in [0.25, 0.3) is 10.8 Å². The first-order valence-electron chi connectivity index (χ1n) is 6.92. The van der Waals surface area contributed by atoms with E-state index < -0.39 is 0 Å². The standard InChI is InChI=1S/C19H15BrO/c1-13(21)16-8-3-2-6-14(16)12-15-7-4-10-18-17(15)9-5-11-19(18)20/h2-11H,12H2,1H3. The van der Waals surface area contributed by atoms with Gasteiger partial charge in [-0.25, -0.2) is 0 Å². The van der Waals surface area contributed by atoms with Crippen molar-refractivity contribution < 1.29 is 4.79 Å². The van der Waals surface area contributed by atoms with Crippen molar-refractivity contribution in [3.8, 4) is 0 Å². The van der Waals surface area contributed by atoms with Gasteiger partial charge in [0.2, 0.25) is 0 Å². The summed E-state index contributed by atoms with van der Waals surface area (Å²) in [5, 5.41) is 2.43. The maximum atomic E-state index is 11.8. The van der Waals surface area contributed by atoms with Crippen LogP contribution in [-0.2, 0) is 6.42 Å². The number of hydrogen-bond acceptors (Lipinski definition) is 1. The molecule has 0 unspecified atom stereocenters. The number of carbonyl (C=O) groups excluding carboxylic acids is 1. The van der Waals surface area contributed by atoms with Crippen LogP contribution in [0.4, 0.5) is 0 Å². The second-order valence-corrected chi connectivity index (χ2v) is 6.00. The molecule has 0 fully saturated rings. The molecule has 1 nitrogen and oxygen atoms in total. The molecule has 0 aliphatic rings. The predicted molar refractivity (Wildman–Crippen MR) is 90.9 cm³/mol. The topological polar surface area (TPSA) is 17.1 Å². The van der Waals surface area contributed by atoms with E-state index in [4.69, 9.17) is 0 Å². The number of hydrogen-bond donors (Lipinski definition) is 0. The van der Waals surface area contributed by atoms with Crippen molar-refractivity contribution >= 4 is 32.5 Å². The average molecular weight is 339 g/mol. The quantitative estimate of drug-likeness (QED) is 0.584. The molecule has 0 radical (unpaired) electrons. The lowest BCUT2D eigenvalue weighted by Gasteiger charge is -2.10. The fraction of sp³-hybridized carbons (Fsp3) is 0.105. The molecule has 0 heterocycles. The molecule has 0 aliphatic heterocycles. The van der Waals surface area contributed by atoms with Crippen molar-refractivity contribution in [2.24, 2.45) is 0 Å². The van der Waals surface area contributed by atoms with Crippen LogP contribution in [0.1, 0.15) is 28.4 Å². The number of halogens is 1. The van der Waals surface area contributed by atoms with Crippen molar-refractivity contribution in [2.45, 2.75) is 13.3 Å². The number of carbonyl (C=O) groups is 1. The molecule has 2 heteroatoms. The van der Waals surface area contributed by atoms with E-state index in [-0.39, 0.29) is 5.78 Å². The molecular weight excluding hydrogens is 324 g/mol. The Morgan fingerprint density at radius 2 is 1.52 bits per heavy atom. The van der Waals surface area contributed by atoms with E-state index in [1.54, 1.807) is 6.92 Å². The number of rotatable bonds is 3. The maximum absolute atomic E-state index is 11.8. The summed E-state index contributed by atoms with van der Waals surface area (Å²) in [6, 6.07) is 20.4. The number of ketones is 1. The third kappa shape index (κ3) is 2.77. The van der Waals surface area contributed by atoms with Crippen molar-refractivity contribution in [2.75, 3.05) is 0 Å². The van der Waals surface area contributed by atoms with Crippen molar-refractivity contribution in [3.05, 3.63) is 81.8 Å². The van der Waals surface area contributed by atoms with Gasteiger partial charge in [-0.1, -0.05) is 70.5 Å². The molecule has 0 atom stereocenters. The number of Topliss-reactive ketones (excluding diaryl/α,β-unsaturated/α-hetero) is 1. The monoisotopic (exact) mass is 338 g/mol. The summed E-state index contributed by atoms with van der Waals surface area (Å²) in [6.07, 6.45) is 0.767. The van der Waals surface area contributed by atoms with Gasteiger partial charge in [0.05, 0.1) is 0 Å². The van der Waals surface area contributed by atoms with Crippen molar-refractivity contribution in [1.29, 1.82) is 0 Å². The Morgan fingerprint density at radius 3 is 2.33 bits per heavy atom. The van der Waals surface area contributed by atoms with E-state index in [0.717, 1.165) is 22.0 Å². The Balaban J connectivity index is 2.11. The highest BCUT2D eigenvalue weighted by atomic mass is 79.9. The summed E-state index contributed by atoms with van der Waals surface area (Å²) in [4.78, 5) is 11.8. The molecule has 0 bridgehead atoms. The molecule has 0 aromatic heterocycles. The molecule has 104 valence electrons. The Bertz CT molecular complexity index is 821. The largest absolute Gasteiger partial charge is 0.295 e. The molecular formula is C19H15BrO. The first-order valence-corrected chi connectivity index (χ1v) is 7.71. The zero-order chi connectivity index (χ0) is 14.8. The van der Waals surface area contributed by atoms with Crippen LogP contribution in [0.5, 0.6) is 0 Å². The maximum Gasteiger partial charge on any atom is 0.160 e. The Hall–Kier alpha value is -1.93. The van der Waals surface area contributed by atoms with Gasteiger partial charge in [0.1, 0.15) is 0 Å². The van der Waals surface area contributed by atoms with Gasteiger partial charge in [-0.3, -0.25) is 4.79 Å². The molecule has 0 N–H and O–H groups in total. The highest BCUT2D eigenvalue weighted by Crippen LogP contribution is 2.28. The molecule has 0 saturated carbocycles. The highest BCUT2D eigenvalue weighted by Gasteiger charge is 2.09. The van der Waals surface area contributed by atoms with Crippen LogP contribution in [0.2, 0.25) is 0 Å². The van der Waals surface area contributed by atoms with Crippen molar-refractivity contribution in [3.63, 3.8) is 0 Å². The van der Waals surface area contributed by atoms with Gasteiger partial charge < -0.3 is 0 Å². The first-order chi connectivity index (χ1) is 10.2. The molecule has 3 aromatic carbocycles. The lowest BCUT2D eigenvalue weighted by atomic mass is 9.94. The van der Waals surface area contributed by atoms with E-state index in [1.165, 1.54) is 16.3 Å². The van der Waals surface area contributed by atoms with Crippen LogP contribution in [-0.4, -0.2) is 5.78 Å². The minimum Gasteiger partial charge on any atom is -0.295 e. The smallest absolute Gasteiger partial charge is 0.160 e. The Morgan fingerprint density at radius 1 is 0.857 bits per heavy atom. The Kier molecular flexibility index (Phi) is 3.89. The second-order valence-electron chi connectivity index (χ2n) is 5.14. The van der Waals surface area contributed by atoms with E-state index >= 15 is 0 Å². The SMILES string of the molecule is CC(=O)c1ccccc1Cc1cccc2c(Br)cccc12. The fourth-order valence-electron chi connectivity index (χ4n) is 2.71. The zero-order valence-corrected chi connectivity index (χ0v) is 13.4. The Labute approximate surface area is 132 Å². The summed E-state index contributed by atoms with van der Waals surface area (Å²) in [5.74, 6) is 0.118. The van der Waals surface area contributed by atoms with Gasteiger partial charge in [0.15, 0.2) is 5.78 Å². The molecule has 21 heavy (non-hydrogen) atoms. The van der Waals surface area contributed by atoms with Gasteiger partial charge >= 0.3 is 0 Å². The minimum absolute atomic E-state index is 0.118. The summed E-state index contributed by atoms with van der Waals surface area (Å²) in [7, 11) is 0. The van der Waals surface area contributed by atoms with Gasteiger partial charge in [0.25, 0.3) is 0 Å². The molecule has 3 rings (SSSR count). The van der Waals surface area contributed by atoms with Gasteiger partial charge in [-0.05, 0) is 41.3 Å². The number of fused-ring (bicyclic) bond motifs is 1. The van der Waals surface area contributed by atoms with Gasteiger partial charge in [-0.15, -0.1) is 0 Å².